The zero-order chi connectivity index (χ0) is 18.2. The zero-order valence-electron chi connectivity index (χ0n) is 14.4. The summed E-state index contributed by atoms with van der Waals surface area (Å²) in [4.78, 5) is 13.1. The molecular weight excluding hydrogens is 346 g/mol. The largest absolute Gasteiger partial charge is 0.476 e. The molecule has 2 fully saturated rings. The normalized spacial score (nSPS) is 26.9. The van der Waals surface area contributed by atoms with E-state index in [-0.39, 0.29) is 5.69 Å². The average Bonchev–Trinajstić information content (AvgIpc) is 3.44. The van der Waals surface area contributed by atoms with E-state index in [1.54, 1.807) is 11.9 Å². The van der Waals surface area contributed by atoms with E-state index in [0.717, 1.165) is 0 Å². The van der Waals surface area contributed by atoms with Crippen LogP contribution in [0.3, 0.4) is 0 Å². The van der Waals surface area contributed by atoms with E-state index >= 15 is 0 Å². The summed E-state index contributed by atoms with van der Waals surface area (Å²) in [5.41, 5.74) is 0.963. The van der Waals surface area contributed by atoms with Gasteiger partial charge in [-0.3, -0.25) is 9.58 Å². The second-order valence-corrected chi connectivity index (χ2v) is 10.7. The van der Waals surface area contributed by atoms with Crippen molar-refractivity contribution in [2.45, 2.75) is 54.7 Å². The number of nitrogens with zero attached hydrogens (tertiary/aromatic N) is 3. The Morgan fingerprint density at radius 2 is 1.96 bits per heavy atom. The van der Waals surface area contributed by atoms with Crippen LogP contribution in [0, 0.1) is 0 Å². The topological polar surface area (TPSA) is 113 Å². The molecule has 138 valence electrons. The first-order chi connectivity index (χ1) is 11.6. The number of aliphatic hydroxyl groups excluding tert-OH is 1. The minimum absolute atomic E-state index is 0.0320. The number of carboxylic acids is 1. The fourth-order valence-electron chi connectivity index (χ4n) is 4.03. The van der Waals surface area contributed by atoms with E-state index in [1.807, 2.05) is 6.92 Å². The number of hydrogen-bond donors (Lipinski definition) is 2. The van der Waals surface area contributed by atoms with Crippen molar-refractivity contribution in [3.63, 3.8) is 0 Å². The molecule has 8 nitrogen and oxygen atoms in total. The molecule has 0 radical (unpaired) electrons. The van der Waals surface area contributed by atoms with Crippen molar-refractivity contribution < 1.29 is 23.4 Å². The molecule has 1 aromatic rings. The molecule has 0 bridgehead atoms. The second kappa shape index (κ2) is 5.05. The first kappa shape index (κ1) is 17.0. The van der Waals surface area contributed by atoms with Crippen molar-refractivity contribution in [3.05, 3.63) is 17.0 Å². The third-order valence-corrected chi connectivity index (χ3v) is 9.49. The minimum Gasteiger partial charge on any atom is -0.476 e. The fourth-order valence-corrected chi connectivity index (χ4v) is 6.69. The molecule has 0 amide bonds. The first-order valence-electron chi connectivity index (χ1n) is 8.57. The summed E-state index contributed by atoms with van der Waals surface area (Å²) in [5.74, 6) is -1.11. The summed E-state index contributed by atoms with van der Waals surface area (Å²) in [6.45, 7) is 2.53. The quantitative estimate of drug-likeness (QED) is 0.775. The summed E-state index contributed by atoms with van der Waals surface area (Å²) in [5, 5.41) is 24.0. The second-order valence-electron chi connectivity index (χ2n) is 7.87. The van der Waals surface area contributed by atoms with E-state index in [1.165, 1.54) is 4.68 Å². The number of rotatable bonds is 5. The number of aryl methyl sites for hydroxylation is 1. The van der Waals surface area contributed by atoms with Crippen LogP contribution in [-0.4, -0.2) is 61.9 Å². The Bertz CT molecular complexity index is 851. The summed E-state index contributed by atoms with van der Waals surface area (Å²) < 4.78 is 26.0. The zero-order valence-corrected chi connectivity index (χ0v) is 15.2. The standard InChI is InChI=1S/C16H23N3O5S/c1-15(4-5-15)25(23,24)16(6-7-16)9-19-8-3-10-11(14(21)22)17-18(2)12(10)13(19)20/h13,20H,3-9H2,1-2H3,(H,21,22). The van der Waals surface area contributed by atoms with Crippen molar-refractivity contribution >= 4 is 15.8 Å². The average molecular weight is 369 g/mol. The van der Waals surface area contributed by atoms with Gasteiger partial charge in [-0.25, -0.2) is 13.2 Å². The fraction of sp³-hybridized carbons (Fsp3) is 0.750. The van der Waals surface area contributed by atoms with E-state index in [4.69, 9.17) is 0 Å². The van der Waals surface area contributed by atoms with Gasteiger partial charge in [-0.2, -0.15) is 5.10 Å². The Labute approximate surface area is 146 Å². The maximum absolute atomic E-state index is 13.0. The van der Waals surface area contributed by atoms with Crippen LogP contribution in [0.25, 0.3) is 0 Å². The lowest BCUT2D eigenvalue weighted by Gasteiger charge is -2.35. The Balaban J connectivity index is 1.61. The van der Waals surface area contributed by atoms with E-state index in [9.17, 15) is 23.4 Å². The molecule has 1 unspecified atom stereocenters. The molecular formula is C16H23N3O5S. The molecule has 2 aliphatic carbocycles. The SMILES string of the molecule is Cn1nc(C(=O)O)c2c1C(O)N(CC1(S(=O)(=O)C3(C)CC3)CC1)CC2. The highest BCUT2D eigenvalue weighted by atomic mass is 32.2. The van der Waals surface area contributed by atoms with Crippen molar-refractivity contribution in [3.8, 4) is 0 Å². The first-order valence-corrected chi connectivity index (χ1v) is 10.1. The lowest BCUT2D eigenvalue weighted by Crippen LogP contribution is -2.47. The Morgan fingerprint density at radius 1 is 1.32 bits per heavy atom. The molecule has 1 atom stereocenters. The van der Waals surface area contributed by atoms with Gasteiger partial charge in [0.15, 0.2) is 21.8 Å². The summed E-state index contributed by atoms with van der Waals surface area (Å²) in [6, 6.07) is 0. The number of fused-ring (bicyclic) bond motifs is 1. The van der Waals surface area contributed by atoms with Gasteiger partial charge in [-0.15, -0.1) is 0 Å². The van der Waals surface area contributed by atoms with Gasteiger partial charge in [0.05, 0.1) is 15.2 Å². The summed E-state index contributed by atoms with van der Waals surface area (Å²) >= 11 is 0. The Kier molecular flexibility index (Phi) is 3.43. The molecule has 9 heteroatoms. The molecule has 1 aromatic heterocycles. The Morgan fingerprint density at radius 3 is 2.48 bits per heavy atom. The monoisotopic (exact) mass is 369 g/mol. The number of carbonyl (C=O) groups is 1. The molecule has 0 saturated heterocycles. The van der Waals surface area contributed by atoms with Gasteiger partial charge in [-0.1, -0.05) is 0 Å². The van der Waals surface area contributed by atoms with Crippen LogP contribution in [0.1, 0.15) is 60.6 Å². The highest BCUT2D eigenvalue weighted by molar-refractivity contribution is 7.94. The van der Waals surface area contributed by atoms with E-state index in [0.29, 0.717) is 56.5 Å². The number of aromatic nitrogens is 2. The van der Waals surface area contributed by atoms with Crippen molar-refractivity contribution in [2.24, 2.45) is 7.05 Å². The number of hydrogen-bond acceptors (Lipinski definition) is 6. The van der Waals surface area contributed by atoms with Crippen LogP contribution in [-0.2, 0) is 23.3 Å². The summed E-state index contributed by atoms with van der Waals surface area (Å²) in [6.07, 6.45) is 2.10. The third kappa shape index (κ3) is 2.29. The van der Waals surface area contributed by atoms with Gasteiger partial charge in [0.1, 0.15) is 0 Å². The van der Waals surface area contributed by atoms with Crippen LogP contribution in [0.2, 0.25) is 0 Å². The maximum atomic E-state index is 13.0. The predicted molar refractivity (Wildman–Crippen MR) is 88.9 cm³/mol. The Hall–Kier alpha value is -1.45. The smallest absolute Gasteiger partial charge is 0.356 e. The molecule has 1 aliphatic heterocycles. The maximum Gasteiger partial charge on any atom is 0.356 e. The molecule has 3 aliphatic rings. The lowest BCUT2D eigenvalue weighted by atomic mass is 10.0. The number of aromatic carboxylic acids is 1. The van der Waals surface area contributed by atoms with Gasteiger partial charge < -0.3 is 10.2 Å². The van der Waals surface area contributed by atoms with Crippen LogP contribution < -0.4 is 0 Å². The lowest BCUT2D eigenvalue weighted by molar-refractivity contribution is -0.0135. The number of aliphatic hydroxyl groups is 1. The molecule has 2 saturated carbocycles. The highest BCUT2D eigenvalue weighted by Gasteiger charge is 2.65. The third-order valence-electron chi connectivity index (χ3n) is 6.11. The minimum atomic E-state index is -3.24. The van der Waals surface area contributed by atoms with Gasteiger partial charge in [-0.05, 0) is 39.0 Å². The molecule has 0 aromatic carbocycles. The van der Waals surface area contributed by atoms with Gasteiger partial charge >= 0.3 is 5.97 Å². The highest BCUT2D eigenvalue weighted by Crippen LogP contribution is 2.56. The summed E-state index contributed by atoms with van der Waals surface area (Å²) in [7, 11) is -1.64. The van der Waals surface area contributed by atoms with Gasteiger partial charge in [0.2, 0.25) is 0 Å². The van der Waals surface area contributed by atoms with Crippen molar-refractivity contribution in [1.82, 2.24) is 14.7 Å². The van der Waals surface area contributed by atoms with Crippen LogP contribution in [0.5, 0.6) is 0 Å². The van der Waals surface area contributed by atoms with Gasteiger partial charge in [0, 0.05) is 25.7 Å². The van der Waals surface area contributed by atoms with Crippen molar-refractivity contribution in [1.29, 1.82) is 0 Å². The van der Waals surface area contributed by atoms with Crippen LogP contribution in [0.4, 0.5) is 0 Å². The van der Waals surface area contributed by atoms with Crippen molar-refractivity contribution in [2.75, 3.05) is 13.1 Å². The molecule has 0 spiro atoms. The molecule has 25 heavy (non-hydrogen) atoms. The van der Waals surface area contributed by atoms with Crippen LogP contribution >= 0.6 is 0 Å². The van der Waals surface area contributed by atoms with Crippen LogP contribution in [0.15, 0.2) is 0 Å². The van der Waals surface area contributed by atoms with E-state index < -0.39 is 31.5 Å². The number of sulfone groups is 1. The van der Waals surface area contributed by atoms with Gasteiger partial charge in [0.25, 0.3) is 0 Å². The number of carboxylic acid groups (broad SMARTS) is 1. The predicted octanol–water partition coefficient (Wildman–Crippen LogP) is 0.467. The molecule has 2 heterocycles. The molecule has 4 rings (SSSR count). The molecule has 2 N–H and O–H groups in total. The van der Waals surface area contributed by atoms with E-state index in [2.05, 4.69) is 5.10 Å².